The Hall–Kier alpha value is -1.97. The quantitative estimate of drug-likeness (QED) is 0.733. The summed E-state index contributed by atoms with van der Waals surface area (Å²) in [6.45, 7) is 0.218. The maximum absolute atomic E-state index is 12.8. The molecule has 2 aromatic carbocycles. The summed E-state index contributed by atoms with van der Waals surface area (Å²) in [5.41, 5.74) is 0.728. The minimum Gasteiger partial charge on any atom is -0.376 e. The van der Waals surface area contributed by atoms with Gasteiger partial charge in [-0.1, -0.05) is 42.5 Å². The molecule has 0 saturated carbocycles. The largest absolute Gasteiger partial charge is 0.416 e. The number of hydrogen-bond acceptors (Lipinski definition) is 5. The van der Waals surface area contributed by atoms with Crippen LogP contribution in [0.15, 0.2) is 54.6 Å². The average Bonchev–Trinajstić information content (AvgIpc) is 2.77. The van der Waals surface area contributed by atoms with Gasteiger partial charge in [0.2, 0.25) is 0 Å². The van der Waals surface area contributed by atoms with Gasteiger partial charge in [-0.05, 0) is 17.7 Å². The Morgan fingerprint density at radius 3 is 2.10 bits per heavy atom. The van der Waals surface area contributed by atoms with Crippen LogP contribution in [0.25, 0.3) is 0 Å². The van der Waals surface area contributed by atoms with Crippen LogP contribution in [0.2, 0.25) is 0 Å². The van der Waals surface area contributed by atoms with E-state index in [1.165, 1.54) is 12.1 Å². The molecule has 2 saturated heterocycles. The number of methoxy groups -OCH3 is 2. The van der Waals surface area contributed by atoms with E-state index in [0.29, 0.717) is 5.56 Å². The fraction of sp³-hybridized carbons (Fsp3) is 0.455. The Kier molecular flexibility index (Phi) is 6.13. The summed E-state index contributed by atoms with van der Waals surface area (Å²) in [6.07, 6.45) is -7.35. The number of rotatable bonds is 4. The molecule has 4 rings (SSSR count). The van der Waals surface area contributed by atoms with E-state index in [1.807, 2.05) is 30.3 Å². The lowest BCUT2D eigenvalue weighted by molar-refractivity contribution is -0.334. The van der Waals surface area contributed by atoms with Crippen LogP contribution in [0.1, 0.15) is 29.1 Å². The molecule has 8 heteroatoms. The second kappa shape index (κ2) is 8.64. The summed E-state index contributed by atoms with van der Waals surface area (Å²) in [5, 5.41) is 0. The Morgan fingerprint density at radius 2 is 1.50 bits per heavy atom. The maximum Gasteiger partial charge on any atom is 0.416 e. The van der Waals surface area contributed by atoms with E-state index in [9.17, 15) is 13.2 Å². The fourth-order valence-electron chi connectivity index (χ4n) is 4.02. The molecule has 0 N–H and O–H groups in total. The molecule has 2 fully saturated rings. The van der Waals surface area contributed by atoms with E-state index in [-0.39, 0.29) is 12.7 Å². The SMILES string of the molecule is CO[C@@H]1[C@@H](OC)[C@H](c2ccccc2)O[C@@H]2COC(c3ccc(C(F)(F)F)cc3)O[C@@H]12. The number of ether oxygens (including phenoxy) is 5. The smallest absolute Gasteiger partial charge is 0.376 e. The summed E-state index contributed by atoms with van der Waals surface area (Å²) in [6, 6.07) is 14.4. The lowest BCUT2D eigenvalue weighted by atomic mass is 9.90. The molecule has 5 nitrogen and oxygen atoms in total. The highest BCUT2D eigenvalue weighted by Crippen LogP contribution is 2.41. The van der Waals surface area contributed by atoms with Gasteiger partial charge in [0.1, 0.15) is 30.5 Å². The van der Waals surface area contributed by atoms with Crippen LogP contribution >= 0.6 is 0 Å². The molecule has 30 heavy (non-hydrogen) atoms. The van der Waals surface area contributed by atoms with Crippen LogP contribution in [0.5, 0.6) is 0 Å². The summed E-state index contributed by atoms with van der Waals surface area (Å²) in [5.74, 6) is 0. The molecule has 6 atom stereocenters. The summed E-state index contributed by atoms with van der Waals surface area (Å²) >= 11 is 0. The minimum absolute atomic E-state index is 0.218. The van der Waals surface area contributed by atoms with Crippen LogP contribution in [-0.4, -0.2) is 45.2 Å². The zero-order chi connectivity index (χ0) is 21.3. The minimum atomic E-state index is -4.39. The summed E-state index contributed by atoms with van der Waals surface area (Å²) < 4.78 is 68.1. The highest BCUT2D eigenvalue weighted by molar-refractivity contribution is 5.26. The van der Waals surface area contributed by atoms with Crippen LogP contribution in [0.3, 0.4) is 0 Å². The van der Waals surface area contributed by atoms with Crippen molar-refractivity contribution in [2.75, 3.05) is 20.8 Å². The molecule has 0 bridgehead atoms. The third-order valence-corrected chi connectivity index (χ3v) is 5.51. The van der Waals surface area contributed by atoms with Gasteiger partial charge in [0.15, 0.2) is 6.29 Å². The molecule has 0 spiro atoms. The van der Waals surface area contributed by atoms with Crippen molar-refractivity contribution < 1.29 is 36.9 Å². The first-order valence-corrected chi connectivity index (χ1v) is 9.62. The Labute approximate surface area is 172 Å². The molecular weight excluding hydrogens is 401 g/mol. The van der Waals surface area contributed by atoms with Crippen molar-refractivity contribution >= 4 is 0 Å². The van der Waals surface area contributed by atoms with Crippen molar-refractivity contribution in [3.05, 3.63) is 71.3 Å². The topological polar surface area (TPSA) is 46.2 Å². The summed E-state index contributed by atoms with van der Waals surface area (Å²) in [7, 11) is 3.16. The Bertz CT molecular complexity index is 827. The van der Waals surface area contributed by atoms with Gasteiger partial charge < -0.3 is 23.7 Å². The number of halogens is 3. The first kappa shape index (κ1) is 21.3. The standard InChI is InChI=1S/C22H23F3O5/c1-26-19-17(13-6-4-3-5-7-13)29-16-12-28-21(30-18(16)20(19)27-2)14-8-10-15(11-9-14)22(23,24)25/h3-11,16-21H,12H2,1-2H3/t16-,17+,18-,19+,20+,21?/m1/s1. The monoisotopic (exact) mass is 424 g/mol. The first-order valence-electron chi connectivity index (χ1n) is 9.62. The number of alkyl halides is 3. The third kappa shape index (κ3) is 4.10. The van der Waals surface area contributed by atoms with Crippen LogP contribution < -0.4 is 0 Å². The lowest BCUT2D eigenvalue weighted by Crippen LogP contribution is -2.60. The van der Waals surface area contributed by atoms with Gasteiger partial charge in [-0.2, -0.15) is 13.2 Å². The van der Waals surface area contributed by atoms with Gasteiger partial charge in [-0.15, -0.1) is 0 Å². The molecule has 2 aromatic rings. The molecule has 0 aliphatic carbocycles. The molecule has 0 radical (unpaired) electrons. The van der Waals surface area contributed by atoms with Gasteiger partial charge in [0, 0.05) is 19.8 Å². The van der Waals surface area contributed by atoms with E-state index in [1.54, 1.807) is 14.2 Å². The molecule has 2 aliphatic rings. The van der Waals surface area contributed by atoms with Crippen LogP contribution in [0, 0.1) is 0 Å². The highest BCUT2D eigenvalue weighted by atomic mass is 19.4. The average molecular weight is 424 g/mol. The zero-order valence-electron chi connectivity index (χ0n) is 16.5. The summed E-state index contributed by atoms with van der Waals surface area (Å²) in [4.78, 5) is 0. The van der Waals surface area contributed by atoms with E-state index >= 15 is 0 Å². The molecule has 162 valence electrons. The van der Waals surface area contributed by atoms with Crippen molar-refractivity contribution in [3.8, 4) is 0 Å². The van der Waals surface area contributed by atoms with Gasteiger partial charge in [-0.3, -0.25) is 0 Å². The van der Waals surface area contributed by atoms with E-state index in [2.05, 4.69) is 0 Å². The predicted molar refractivity (Wildman–Crippen MR) is 101 cm³/mol. The number of hydrogen-bond donors (Lipinski definition) is 0. The van der Waals surface area contributed by atoms with Crippen molar-refractivity contribution in [2.24, 2.45) is 0 Å². The number of fused-ring (bicyclic) bond motifs is 1. The second-order valence-corrected chi connectivity index (χ2v) is 7.29. The van der Waals surface area contributed by atoms with Crippen molar-refractivity contribution in [1.82, 2.24) is 0 Å². The van der Waals surface area contributed by atoms with Gasteiger partial charge in [0.05, 0.1) is 12.2 Å². The normalized spacial score (nSPS) is 31.9. The fourth-order valence-corrected chi connectivity index (χ4v) is 4.02. The van der Waals surface area contributed by atoms with Gasteiger partial charge in [-0.25, -0.2) is 0 Å². The predicted octanol–water partition coefficient (Wildman–Crippen LogP) is 4.29. The molecule has 0 aromatic heterocycles. The van der Waals surface area contributed by atoms with Crippen molar-refractivity contribution in [3.63, 3.8) is 0 Å². The maximum atomic E-state index is 12.8. The van der Waals surface area contributed by atoms with Crippen molar-refractivity contribution in [1.29, 1.82) is 0 Å². The van der Waals surface area contributed by atoms with Crippen molar-refractivity contribution in [2.45, 2.75) is 43.0 Å². The first-order chi connectivity index (χ1) is 14.4. The molecule has 1 unspecified atom stereocenters. The second-order valence-electron chi connectivity index (χ2n) is 7.29. The van der Waals surface area contributed by atoms with Crippen LogP contribution in [0.4, 0.5) is 13.2 Å². The van der Waals surface area contributed by atoms with Crippen LogP contribution in [-0.2, 0) is 29.9 Å². The zero-order valence-corrected chi connectivity index (χ0v) is 16.5. The molecule has 2 heterocycles. The molecular formula is C22H23F3O5. The molecule has 2 aliphatic heterocycles. The van der Waals surface area contributed by atoms with Gasteiger partial charge in [0.25, 0.3) is 0 Å². The van der Waals surface area contributed by atoms with E-state index < -0.39 is 42.4 Å². The molecule has 0 amide bonds. The van der Waals surface area contributed by atoms with E-state index in [0.717, 1.165) is 17.7 Å². The lowest BCUT2D eigenvalue weighted by Gasteiger charge is -2.48. The highest BCUT2D eigenvalue weighted by Gasteiger charge is 2.51. The Balaban J connectivity index is 1.54. The van der Waals surface area contributed by atoms with E-state index in [4.69, 9.17) is 23.7 Å². The third-order valence-electron chi connectivity index (χ3n) is 5.51. The van der Waals surface area contributed by atoms with Gasteiger partial charge >= 0.3 is 6.18 Å². The number of benzene rings is 2. The Morgan fingerprint density at radius 1 is 0.833 bits per heavy atom.